The van der Waals surface area contributed by atoms with Gasteiger partial charge in [0.1, 0.15) is 5.76 Å². The van der Waals surface area contributed by atoms with Crippen LogP contribution in [0.15, 0.2) is 41.0 Å². The number of hydrogen-bond acceptors (Lipinski definition) is 3. The first-order chi connectivity index (χ1) is 10.6. The Kier molecular flexibility index (Phi) is 4.47. The molecule has 2 aromatic rings. The number of benzene rings is 1. The van der Waals surface area contributed by atoms with E-state index in [9.17, 15) is 13.6 Å². The third-order valence-corrected chi connectivity index (χ3v) is 4.94. The van der Waals surface area contributed by atoms with E-state index in [1.165, 1.54) is 6.07 Å². The second kappa shape index (κ2) is 6.52. The van der Waals surface area contributed by atoms with Crippen LogP contribution < -0.4 is 0 Å². The SMILES string of the molecule is O=C(c1ccc(F)c(F)c1)N1CCSC(c2ccco2)CC1. The highest BCUT2D eigenvalue weighted by Gasteiger charge is 2.24. The summed E-state index contributed by atoms with van der Waals surface area (Å²) >= 11 is 1.74. The van der Waals surface area contributed by atoms with Gasteiger partial charge < -0.3 is 9.32 Å². The minimum absolute atomic E-state index is 0.181. The normalized spacial score (nSPS) is 19.0. The number of amides is 1. The monoisotopic (exact) mass is 323 g/mol. The van der Waals surface area contributed by atoms with Crippen LogP contribution in [-0.4, -0.2) is 29.6 Å². The molecule has 6 heteroatoms. The quantitative estimate of drug-likeness (QED) is 0.841. The van der Waals surface area contributed by atoms with Crippen molar-refractivity contribution >= 4 is 17.7 Å². The van der Waals surface area contributed by atoms with Crippen molar-refractivity contribution in [3.05, 3.63) is 59.6 Å². The number of rotatable bonds is 2. The van der Waals surface area contributed by atoms with Crippen molar-refractivity contribution in [1.82, 2.24) is 4.90 Å². The van der Waals surface area contributed by atoms with Crippen LogP contribution in [0, 0.1) is 11.6 Å². The number of hydrogen-bond donors (Lipinski definition) is 0. The van der Waals surface area contributed by atoms with Crippen LogP contribution in [0.4, 0.5) is 8.78 Å². The molecule has 2 heterocycles. The standard InChI is InChI=1S/C16H15F2NO2S/c17-12-4-3-11(10-13(12)18)16(20)19-6-5-15(22-9-7-19)14-2-1-8-21-14/h1-4,8,10,15H,5-7,9H2. The number of nitrogens with zero attached hydrogens (tertiary/aromatic N) is 1. The molecule has 0 N–H and O–H groups in total. The fraction of sp³-hybridized carbons (Fsp3) is 0.312. The predicted octanol–water partition coefficient (Wildman–Crippen LogP) is 3.88. The van der Waals surface area contributed by atoms with Gasteiger partial charge in [-0.25, -0.2) is 8.78 Å². The topological polar surface area (TPSA) is 33.5 Å². The van der Waals surface area contributed by atoms with E-state index >= 15 is 0 Å². The Morgan fingerprint density at radius 3 is 2.82 bits per heavy atom. The van der Waals surface area contributed by atoms with E-state index in [0.717, 1.165) is 30.1 Å². The number of furan rings is 1. The van der Waals surface area contributed by atoms with Crippen molar-refractivity contribution in [2.75, 3.05) is 18.8 Å². The first-order valence-electron chi connectivity index (χ1n) is 7.04. The Balaban J connectivity index is 1.70. The van der Waals surface area contributed by atoms with Gasteiger partial charge in [0, 0.05) is 24.4 Å². The minimum Gasteiger partial charge on any atom is -0.468 e. The molecule has 22 heavy (non-hydrogen) atoms. The zero-order valence-electron chi connectivity index (χ0n) is 11.8. The molecule has 1 saturated heterocycles. The number of carbonyl (C=O) groups excluding carboxylic acids is 1. The van der Waals surface area contributed by atoms with Crippen LogP contribution in [0.2, 0.25) is 0 Å². The average Bonchev–Trinajstić information content (AvgIpc) is 2.94. The molecule has 0 radical (unpaired) electrons. The largest absolute Gasteiger partial charge is 0.468 e. The molecule has 0 bridgehead atoms. The first kappa shape index (κ1) is 15.1. The number of thioether (sulfide) groups is 1. The van der Waals surface area contributed by atoms with E-state index < -0.39 is 11.6 Å². The second-order valence-corrected chi connectivity index (χ2v) is 6.40. The lowest BCUT2D eigenvalue weighted by Gasteiger charge is -2.20. The van der Waals surface area contributed by atoms with E-state index in [1.807, 2.05) is 12.1 Å². The molecule has 1 aromatic heterocycles. The molecule has 0 aliphatic carbocycles. The summed E-state index contributed by atoms with van der Waals surface area (Å²) in [7, 11) is 0. The van der Waals surface area contributed by atoms with Crippen LogP contribution >= 0.6 is 11.8 Å². The molecular weight excluding hydrogens is 308 g/mol. The van der Waals surface area contributed by atoms with Crippen molar-refractivity contribution < 1.29 is 18.0 Å². The summed E-state index contributed by atoms with van der Waals surface area (Å²) in [5.74, 6) is -0.517. The molecule has 3 rings (SSSR count). The summed E-state index contributed by atoms with van der Waals surface area (Å²) in [4.78, 5) is 14.1. The van der Waals surface area contributed by atoms with Gasteiger partial charge in [-0.1, -0.05) is 0 Å². The average molecular weight is 323 g/mol. The van der Waals surface area contributed by atoms with E-state index in [-0.39, 0.29) is 16.7 Å². The van der Waals surface area contributed by atoms with Crippen molar-refractivity contribution in [3.63, 3.8) is 0 Å². The van der Waals surface area contributed by atoms with E-state index in [1.54, 1.807) is 22.9 Å². The zero-order chi connectivity index (χ0) is 15.5. The molecule has 0 saturated carbocycles. The maximum atomic E-state index is 13.3. The lowest BCUT2D eigenvalue weighted by molar-refractivity contribution is 0.0765. The molecule has 1 unspecified atom stereocenters. The maximum absolute atomic E-state index is 13.3. The summed E-state index contributed by atoms with van der Waals surface area (Å²) in [6.45, 7) is 1.15. The Morgan fingerprint density at radius 1 is 1.23 bits per heavy atom. The Morgan fingerprint density at radius 2 is 2.09 bits per heavy atom. The van der Waals surface area contributed by atoms with Gasteiger partial charge in [0.15, 0.2) is 11.6 Å². The molecule has 3 nitrogen and oxygen atoms in total. The third kappa shape index (κ3) is 3.16. The van der Waals surface area contributed by atoms with Gasteiger partial charge in [-0.15, -0.1) is 11.8 Å². The van der Waals surface area contributed by atoms with E-state index in [0.29, 0.717) is 13.1 Å². The van der Waals surface area contributed by atoms with Crippen LogP contribution in [0.25, 0.3) is 0 Å². The summed E-state index contributed by atoms with van der Waals surface area (Å²) in [6.07, 6.45) is 2.42. The van der Waals surface area contributed by atoms with Crippen molar-refractivity contribution in [1.29, 1.82) is 0 Å². The lowest BCUT2D eigenvalue weighted by Crippen LogP contribution is -2.33. The summed E-state index contributed by atoms with van der Waals surface area (Å²) < 4.78 is 31.7. The second-order valence-electron chi connectivity index (χ2n) is 5.08. The molecule has 1 atom stereocenters. The van der Waals surface area contributed by atoms with Crippen LogP contribution in [0.3, 0.4) is 0 Å². The fourth-order valence-electron chi connectivity index (χ4n) is 2.49. The Labute approximate surface area is 131 Å². The highest BCUT2D eigenvalue weighted by molar-refractivity contribution is 7.99. The minimum atomic E-state index is -0.997. The van der Waals surface area contributed by atoms with Crippen molar-refractivity contribution in [2.45, 2.75) is 11.7 Å². The van der Waals surface area contributed by atoms with Crippen LogP contribution in [0.1, 0.15) is 27.8 Å². The fourth-order valence-corrected chi connectivity index (χ4v) is 3.67. The molecular formula is C16H15F2NO2S. The van der Waals surface area contributed by atoms with Crippen molar-refractivity contribution in [3.8, 4) is 0 Å². The van der Waals surface area contributed by atoms with Gasteiger partial charge in [0.2, 0.25) is 0 Å². The zero-order valence-corrected chi connectivity index (χ0v) is 12.6. The van der Waals surface area contributed by atoms with Crippen LogP contribution in [0.5, 0.6) is 0 Å². The van der Waals surface area contributed by atoms with Gasteiger partial charge in [-0.2, -0.15) is 0 Å². The molecule has 1 amide bonds. The molecule has 1 aliphatic rings. The third-order valence-electron chi connectivity index (χ3n) is 3.66. The summed E-state index contributed by atoms with van der Waals surface area (Å²) in [5.41, 5.74) is 0.181. The molecule has 1 fully saturated rings. The summed E-state index contributed by atoms with van der Waals surface area (Å²) in [5, 5.41) is 0.220. The first-order valence-corrected chi connectivity index (χ1v) is 8.09. The lowest BCUT2D eigenvalue weighted by atomic mass is 10.1. The maximum Gasteiger partial charge on any atom is 0.253 e. The van der Waals surface area contributed by atoms with E-state index in [4.69, 9.17) is 4.42 Å². The van der Waals surface area contributed by atoms with Gasteiger partial charge in [-0.3, -0.25) is 4.79 Å². The highest BCUT2D eigenvalue weighted by atomic mass is 32.2. The Hall–Kier alpha value is -1.82. The van der Waals surface area contributed by atoms with Crippen LogP contribution in [-0.2, 0) is 0 Å². The highest BCUT2D eigenvalue weighted by Crippen LogP contribution is 2.34. The molecule has 116 valence electrons. The van der Waals surface area contributed by atoms with Gasteiger partial charge in [-0.05, 0) is 36.8 Å². The number of halogens is 2. The molecule has 1 aromatic carbocycles. The molecule has 1 aliphatic heterocycles. The smallest absolute Gasteiger partial charge is 0.253 e. The van der Waals surface area contributed by atoms with Gasteiger partial charge >= 0.3 is 0 Å². The van der Waals surface area contributed by atoms with E-state index in [2.05, 4.69) is 0 Å². The van der Waals surface area contributed by atoms with Gasteiger partial charge in [0.05, 0.1) is 11.5 Å². The molecule has 0 spiro atoms. The van der Waals surface area contributed by atoms with Crippen molar-refractivity contribution in [2.24, 2.45) is 0 Å². The van der Waals surface area contributed by atoms with Gasteiger partial charge in [0.25, 0.3) is 5.91 Å². The predicted molar refractivity (Wildman–Crippen MR) is 80.8 cm³/mol. The number of carbonyl (C=O) groups is 1. The summed E-state index contributed by atoms with van der Waals surface area (Å²) in [6, 6.07) is 7.05. The Bertz CT molecular complexity index is 660.